The van der Waals surface area contributed by atoms with Crippen molar-refractivity contribution in [3.63, 3.8) is 0 Å². The van der Waals surface area contributed by atoms with Crippen molar-refractivity contribution in [2.24, 2.45) is 0 Å². The van der Waals surface area contributed by atoms with Gasteiger partial charge in [-0.3, -0.25) is 0 Å². The number of aromatic nitrogens is 2. The molecule has 1 rings (SSSR count). The van der Waals surface area contributed by atoms with Crippen molar-refractivity contribution >= 4 is 11.5 Å². The Balaban J connectivity index is 2.49. The third-order valence-corrected chi connectivity index (χ3v) is 2.19. The summed E-state index contributed by atoms with van der Waals surface area (Å²) in [6.07, 6.45) is 2.29. The van der Waals surface area contributed by atoms with Crippen molar-refractivity contribution in [3.8, 4) is 5.88 Å². The summed E-state index contributed by atoms with van der Waals surface area (Å²) >= 11 is 0. The Morgan fingerprint density at radius 3 is 2.67 bits per heavy atom. The first kappa shape index (κ1) is 14.5. The van der Waals surface area contributed by atoms with Gasteiger partial charge in [-0.15, -0.1) is 0 Å². The number of methoxy groups -OCH3 is 2. The molecule has 1 aromatic rings. The number of rotatable bonds is 9. The van der Waals surface area contributed by atoms with Crippen LogP contribution in [0.5, 0.6) is 5.88 Å². The van der Waals surface area contributed by atoms with Crippen LogP contribution in [0.4, 0.5) is 11.5 Å². The van der Waals surface area contributed by atoms with Crippen LogP contribution in [0.2, 0.25) is 0 Å². The highest BCUT2D eigenvalue weighted by molar-refractivity contribution is 5.66. The lowest BCUT2D eigenvalue weighted by molar-refractivity contribution is 0.144. The van der Waals surface area contributed by atoms with Gasteiger partial charge < -0.3 is 25.3 Å². The van der Waals surface area contributed by atoms with Gasteiger partial charge in [-0.05, 0) is 6.42 Å². The smallest absolute Gasteiger partial charge is 0.242 e. The number of nitrogens with two attached hydrogens (primary N) is 1. The van der Waals surface area contributed by atoms with Crippen LogP contribution in [0.25, 0.3) is 0 Å². The lowest BCUT2D eigenvalue weighted by Crippen LogP contribution is -2.12. The van der Waals surface area contributed by atoms with Crippen LogP contribution in [0.1, 0.15) is 6.42 Å². The second-order valence-electron chi connectivity index (χ2n) is 3.56. The van der Waals surface area contributed by atoms with Crippen molar-refractivity contribution in [2.45, 2.75) is 6.42 Å². The lowest BCUT2D eigenvalue weighted by Gasteiger charge is -2.11. The Kier molecular flexibility index (Phi) is 6.82. The quantitative estimate of drug-likeness (QED) is 0.623. The monoisotopic (exact) mass is 256 g/mol. The van der Waals surface area contributed by atoms with Crippen LogP contribution < -0.4 is 15.8 Å². The van der Waals surface area contributed by atoms with E-state index in [1.807, 2.05) is 0 Å². The summed E-state index contributed by atoms with van der Waals surface area (Å²) in [5.74, 6) is 0.949. The molecule has 3 N–H and O–H groups in total. The third kappa shape index (κ3) is 4.72. The van der Waals surface area contributed by atoms with Gasteiger partial charge in [-0.1, -0.05) is 0 Å². The second kappa shape index (κ2) is 8.48. The van der Waals surface area contributed by atoms with E-state index in [-0.39, 0.29) is 0 Å². The van der Waals surface area contributed by atoms with E-state index in [0.29, 0.717) is 37.2 Å². The third-order valence-electron chi connectivity index (χ3n) is 2.19. The highest BCUT2D eigenvalue weighted by Gasteiger charge is 2.08. The molecule has 0 unspecified atom stereocenters. The summed E-state index contributed by atoms with van der Waals surface area (Å²) in [6.45, 7) is 2.31. The van der Waals surface area contributed by atoms with Crippen molar-refractivity contribution in [3.05, 3.63) is 6.33 Å². The number of anilines is 2. The molecule has 0 spiro atoms. The van der Waals surface area contributed by atoms with Gasteiger partial charge in [0.25, 0.3) is 0 Å². The maximum atomic E-state index is 5.90. The first-order chi connectivity index (χ1) is 8.79. The molecule has 0 bridgehead atoms. The Morgan fingerprint density at radius 2 is 1.94 bits per heavy atom. The van der Waals surface area contributed by atoms with Crippen LogP contribution in [-0.2, 0) is 9.47 Å². The number of hydrogen-bond acceptors (Lipinski definition) is 7. The van der Waals surface area contributed by atoms with E-state index in [4.69, 9.17) is 19.9 Å². The minimum absolute atomic E-state index is 0.372. The van der Waals surface area contributed by atoms with Gasteiger partial charge in [-0.25, -0.2) is 4.98 Å². The SMILES string of the molecule is COCCCNc1ncnc(OCCOC)c1N. The Morgan fingerprint density at radius 1 is 1.17 bits per heavy atom. The number of nitrogen functional groups attached to an aromatic ring is 1. The first-order valence-electron chi connectivity index (χ1n) is 5.74. The van der Waals surface area contributed by atoms with E-state index in [9.17, 15) is 0 Å². The lowest BCUT2D eigenvalue weighted by atomic mass is 10.4. The van der Waals surface area contributed by atoms with Gasteiger partial charge in [0.2, 0.25) is 5.88 Å². The fourth-order valence-electron chi connectivity index (χ4n) is 1.28. The second-order valence-corrected chi connectivity index (χ2v) is 3.56. The summed E-state index contributed by atoms with van der Waals surface area (Å²) in [5.41, 5.74) is 6.30. The van der Waals surface area contributed by atoms with E-state index in [0.717, 1.165) is 13.0 Å². The minimum atomic E-state index is 0.372. The molecule has 0 aromatic carbocycles. The average Bonchev–Trinajstić information content (AvgIpc) is 2.38. The van der Waals surface area contributed by atoms with Crippen LogP contribution in [-0.4, -0.2) is 50.6 Å². The fourth-order valence-corrected chi connectivity index (χ4v) is 1.28. The molecule has 0 aliphatic heterocycles. The minimum Gasteiger partial charge on any atom is -0.474 e. The zero-order valence-corrected chi connectivity index (χ0v) is 10.8. The first-order valence-corrected chi connectivity index (χ1v) is 5.74. The Labute approximate surface area is 107 Å². The van der Waals surface area contributed by atoms with E-state index in [2.05, 4.69) is 15.3 Å². The number of nitrogens with zero attached hydrogens (tertiary/aromatic N) is 2. The number of nitrogens with one attached hydrogen (secondary N) is 1. The van der Waals surface area contributed by atoms with Crippen molar-refractivity contribution in [1.82, 2.24) is 9.97 Å². The maximum Gasteiger partial charge on any atom is 0.242 e. The van der Waals surface area contributed by atoms with Crippen LogP contribution in [0, 0.1) is 0 Å². The molecule has 0 saturated carbocycles. The van der Waals surface area contributed by atoms with E-state index >= 15 is 0 Å². The van der Waals surface area contributed by atoms with Gasteiger partial charge in [0.15, 0.2) is 5.82 Å². The van der Waals surface area contributed by atoms with Gasteiger partial charge in [0.05, 0.1) is 6.61 Å². The molecule has 0 fully saturated rings. The Bertz CT molecular complexity index is 349. The molecule has 7 heteroatoms. The highest BCUT2D eigenvalue weighted by atomic mass is 16.5. The molecule has 18 heavy (non-hydrogen) atoms. The van der Waals surface area contributed by atoms with Crippen LogP contribution >= 0.6 is 0 Å². The van der Waals surface area contributed by atoms with Crippen LogP contribution in [0.15, 0.2) is 6.33 Å². The fraction of sp³-hybridized carbons (Fsp3) is 0.636. The average molecular weight is 256 g/mol. The molecule has 0 aliphatic carbocycles. The van der Waals surface area contributed by atoms with Crippen molar-refractivity contribution in [1.29, 1.82) is 0 Å². The van der Waals surface area contributed by atoms with Gasteiger partial charge >= 0.3 is 0 Å². The Hall–Kier alpha value is -1.60. The molecular weight excluding hydrogens is 236 g/mol. The molecule has 1 aromatic heterocycles. The highest BCUT2D eigenvalue weighted by Crippen LogP contribution is 2.24. The molecule has 0 radical (unpaired) electrons. The van der Waals surface area contributed by atoms with Crippen molar-refractivity contribution < 1.29 is 14.2 Å². The molecule has 0 amide bonds. The molecule has 1 heterocycles. The largest absolute Gasteiger partial charge is 0.474 e. The molecule has 102 valence electrons. The maximum absolute atomic E-state index is 5.90. The van der Waals surface area contributed by atoms with Gasteiger partial charge in [0.1, 0.15) is 18.6 Å². The number of hydrogen-bond donors (Lipinski definition) is 2. The summed E-state index contributed by atoms with van der Waals surface area (Å²) in [5, 5.41) is 3.11. The summed E-state index contributed by atoms with van der Waals surface area (Å²) < 4.78 is 15.2. The zero-order valence-electron chi connectivity index (χ0n) is 10.8. The van der Waals surface area contributed by atoms with E-state index in [1.54, 1.807) is 14.2 Å². The molecule has 0 saturated heterocycles. The van der Waals surface area contributed by atoms with Gasteiger partial charge in [-0.2, -0.15) is 4.98 Å². The van der Waals surface area contributed by atoms with Crippen LogP contribution in [0.3, 0.4) is 0 Å². The predicted octanol–water partition coefficient (Wildman–Crippen LogP) is 0.532. The normalized spacial score (nSPS) is 10.3. The standard InChI is InChI=1S/C11H20N4O3/c1-16-5-3-4-13-10-9(12)11(15-8-14-10)18-7-6-17-2/h8H,3-7,12H2,1-2H3,(H,13,14,15). The van der Waals surface area contributed by atoms with Crippen molar-refractivity contribution in [2.75, 3.05) is 51.6 Å². The topological polar surface area (TPSA) is 91.5 Å². The number of ether oxygens (including phenoxy) is 3. The summed E-state index contributed by atoms with van der Waals surface area (Å²) in [7, 11) is 3.27. The van der Waals surface area contributed by atoms with E-state index in [1.165, 1.54) is 6.33 Å². The summed E-state index contributed by atoms with van der Waals surface area (Å²) in [4.78, 5) is 8.04. The van der Waals surface area contributed by atoms with E-state index < -0.39 is 0 Å². The predicted molar refractivity (Wildman–Crippen MR) is 68.8 cm³/mol. The summed E-state index contributed by atoms with van der Waals surface area (Å²) in [6, 6.07) is 0. The zero-order chi connectivity index (χ0) is 13.2. The molecular formula is C11H20N4O3. The van der Waals surface area contributed by atoms with Gasteiger partial charge in [0, 0.05) is 27.4 Å². The molecule has 0 aliphatic rings. The molecule has 7 nitrogen and oxygen atoms in total. The molecule has 0 atom stereocenters.